The number of rotatable bonds is 8. The Morgan fingerprint density at radius 2 is 1.10 bits per heavy atom. The molecule has 1 fully saturated rings. The van der Waals surface area contributed by atoms with Crippen LogP contribution in [-0.4, -0.2) is 5.54 Å². The zero-order chi connectivity index (χ0) is 49.5. The second kappa shape index (κ2) is 17.3. The molecule has 2 heterocycles. The van der Waals surface area contributed by atoms with E-state index in [2.05, 4.69) is 262 Å². The van der Waals surface area contributed by atoms with E-state index in [-0.39, 0.29) is 27.2 Å². The number of thiophene rings is 1. The first-order valence-corrected chi connectivity index (χ1v) is 26.6. The summed E-state index contributed by atoms with van der Waals surface area (Å²) in [5.41, 5.74) is 20.3. The predicted molar refractivity (Wildman–Crippen MR) is 305 cm³/mol. The van der Waals surface area contributed by atoms with Gasteiger partial charge in [0.05, 0.1) is 11.2 Å². The Morgan fingerprint density at radius 3 is 1.71 bits per heavy atom. The van der Waals surface area contributed by atoms with Crippen LogP contribution in [0.15, 0.2) is 157 Å². The van der Waals surface area contributed by atoms with E-state index in [0.29, 0.717) is 0 Å². The van der Waals surface area contributed by atoms with Gasteiger partial charge >= 0.3 is 0 Å². The summed E-state index contributed by atoms with van der Waals surface area (Å²) in [7, 11) is 0. The van der Waals surface area contributed by atoms with Crippen LogP contribution >= 0.6 is 11.3 Å². The van der Waals surface area contributed by atoms with Crippen molar-refractivity contribution in [3.8, 4) is 11.1 Å². The molecule has 2 unspecified atom stereocenters. The molecule has 3 nitrogen and oxygen atoms in total. The van der Waals surface area contributed by atoms with E-state index in [9.17, 15) is 0 Å². The van der Waals surface area contributed by atoms with Crippen LogP contribution in [0.25, 0.3) is 21.2 Å². The van der Waals surface area contributed by atoms with E-state index >= 15 is 0 Å². The standard InChI is InChI=1S/C66H73N3S/c1-44-37-54(41-55(38-44)69-59-33-21-47(46-19-15-14-16-20-46)40-57(59)65(12)35-17-18-36-66(65,69)13)68(58-34-26-50(39-45(58)2)64(9,10)11)60-43-70-61-42-53(31-32-56(60)61)67(51-27-22-48(23-28-51)62(3,4)5)52-29-24-49(25-30-52)63(6,7)8/h14-16,19-34,37-43H,17-18,35-36H2,1-13H3. The van der Waals surface area contributed by atoms with Crippen molar-refractivity contribution in [2.45, 2.75) is 143 Å². The number of benzene rings is 7. The zero-order valence-electron chi connectivity index (χ0n) is 44.1. The van der Waals surface area contributed by atoms with Gasteiger partial charge in [0.2, 0.25) is 0 Å². The highest BCUT2D eigenvalue weighted by atomic mass is 32.1. The molecule has 4 heteroatoms. The fourth-order valence-corrected chi connectivity index (χ4v) is 12.7. The molecule has 70 heavy (non-hydrogen) atoms. The van der Waals surface area contributed by atoms with E-state index in [1.54, 1.807) is 0 Å². The first-order chi connectivity index (χ1) is 33.1. The minimum Gasteiger partial charge on any atom is -0.334 e. The fraction of sp³-hybridized carbons (Fsp3) is 0.333. The van der Waals surface area contributed by atoms with Crippen LogP contribution < -0.4 is 14.7 Å². The maximum atomic E-state index is 2.75. The maximum absolute atomic E-state index is 2.75. The van der Waals surface area contributed by atoms with Crippen LogP contribution in [0, 0.1) is 13.8 Å². The zero-order valence-corrected chi connectivity index (χ0v) is 44.9. The predicted octanol–water partition coefficient (Wildman–Crippen LogP) is 19.8. The molecule has 8 aromatic rings. The minimum absolute atomic E-state index is 0.00670. The number of anilines is 8. The molecule has 1 aliphatic carbocycles. The molecule has 0 amide bonds. The molecule has 0 N–H and O–H groups in total. The summed E-state index contributed by atoms with van der Waals surface area (Å²) < 4.78 is 1.25. The van der Waals surface area contributed by atoms with Crippen LogP contribution in [0.1, 0.15) is 135 Å². The van der Waals surface area contributed by atoms with Gasteiger partial charge in [-0.05, 0) is 173 Å². The Hall–Kier alpha value is -6.10. The van der Waals surface area contributed by atoms with Crippen LogP contribution in [0.5, 0.6) is 0 Å². The Morgan fingerprint density at radius 1 is 0.500 bits per heavy atom. The molecule has 1 aromatic heterocycles. The van der Waals surface area contributed by atoms with Gasteiger partial charge in [-0.15, -0.1) is 11.3 Å². The monoisotopic (exact) mass is 940 g/mol. The first kappa shape index (κ1) is 47.6. The molecule has 2 aliphatic rings. The second-order valence-electron chi connectivity index (χ2n) is 24.1. The summed E-state index contributed by atoms with van der Waals surface area (Å²) in [4.78, 5) is 7.73. The first-order valence-electron chi connectivity index (χ1n) is 25.7. The Labute approximate surface area is 423 Å². The topological polar surface area (TPSA) is 9.72 Å². The summed E-state index contributed by atoms with van der Waals surface area (Å²) in [6, 6.07) is 58.1. The third kappa shape index (κ3) is 8.34. The SMILES string of the molecule is Cc1cc(N(c2ccc(C(C)(C)C)cc2C)c2csc3cc(N(c4ccc(C(C)(C)C)cc4)c4ccc(C(C)(C)C)cc4)ccc23)cc(N2c3ccc(-c4ccccc4)cc3C3(C)CCCCC23C)c1. The van der Waals surface area contributed by atoms with Gasteiger partial charge in [-0.25, -0.2) is 0 Å². The molecule has 0 radical (unpaired) electrons. The van der Waals surface area contributed by atoms with Crippen molar-refractivity contribution < 1.29 is 0 Å². The Bertz CT molecular complexity index is 3150. The lowest BCUT2D eigenvalue weighted by Crippen LogP contribution is -2.54. The number of hydrogen-bond acceptors (Lipinski definition) is 4. The molecular weight excluding hydrogens is 867 g/mol. The van der Waals surface area contributed by atoms with Crippen LogP contribution in [-0.2, 0) is 21.7 Å². The Kier molecular flexibility index (Phi) is 11.8. The van der Waals surface area contributed by atoms with Gasteiger partial charge in [-0.1, -0.05) is 155 Å². The van der Waals surface area contributed by atoms with Crippen molar-refractivity contribution in [1.29, 1.82) is 0 Å². The third-order valence-corrected chi connectivity index (χ3v) is 17.0. The van der Waals surface area contributed by atoms with E-state index in [1.807, 2.05) is 11.3 Å². The summed E-state index contributed by atoms with van der Waals surface area (Å²) in [6.07, 6.45) is 4.82. The van der Waals surface area contributed by atoms with Gasteiger partial charge in [-0.3, -0.25) is 0 Å². The largest absolute Gasteiger partial charge is 0.334 e. The van der Waals surface area contributed by atoms with E-state index in [1.165, 1.54) is 102 Å². The average molecular weight is 940 g/mol. The molecule has 10 rings (SSSR count). The second-order valence-corrected chi connectivity index (χ2v) is 25.0. The average Bonchev–Trinajstić information content (AvgIpc) is 3.82. The molecule has 1 aliphatic heterocycles. The van der Waals surface area contributed by atoms with Crippen molar-refractivity contribution in [2.24, 2.45) is 0 Å². The maximum Gasteiger partial charge on any atom is 0.0647 e. The third-order valence-electron chi connectivity index (χ3n) is 16.1. The summed E-state index contributed by atoms with van der Waals surface area (Å²) in [5.74, 6) is 0. The van der Waals surface area contributed by atoms with E-state index in [4.69, 9.17) is 0 Å². The quantitative estimate of drug-likeness (QED) is 0.150. The fourth-order valence-electron chi connectivity index (χ4n) is 11.7. The summed E-state index contributed by atoms with van der Waals surface area (Å²) in [6.45, 7) is 30.3. The molecule has 2 atom stereocenters. The molecule has 7 aromatic carbocycles. The van der Waals surface area contributed by atoms with Gasteiger partial charge in [0, 0.05) is 60.7 Å². The number of fused-ring (bicyclic) bond motifs is 4. The van der Waals surface area contributed by atoms with E-state index in [0.717, 1.165) is 23.5 Å². The van der Waals surface area contributed by atoms with Crippen molar-refractivity contribution in [3.05, 3.63) is 190 Å². The smallest absolute Gasteiger partial charge is 0.0647 e. The molecule has 1 saturated carbocycles. The molecule has 0 bridgehead atoms. The number of hydrogen-bond donors (Lipinski definition) is 0. The Balaban J connectivity index is 1.12. The molecule has 0 spiro atoms. The van der Waals surface area contributed by atoms with Gasteiger partial charge < -0.3 is 14.7 Å². The van der Waals surface area contributed by atoms with Crippen LogP contribution in [0.2, 0.25) is 0 Å². The summed E-state index contributed by atoms with van der Waals surface area (Å²) in [5, 5.41) is 3.64. The van der Waals surface area contributed by atoms with Gasteiger partial charge in [0.1, 0.15) is 0 Å². The van der Waals surface area contributed by atoms with Crippen molar-refractivity contribution >= 4 is 66.9 Å². The van der Waals surface area contributed by atoms with Crippen molar-refractivity contribution in [2.75, 3.05) is 14.7 Å². The minimum atomic E-state index is -0.0828. The highest BCUT2D eigenvalue weighted by Crippen LogP contribution is 2.62. The van der Waals surface area contributed by atoms with E-state index < -0.39 is 0 Å². The van der Waals surface area contributed by atoms with Crippen molar-refractivity contribution in [3.63, 3.8) is 0 Å². The van der Waals surface area contributed by atoms with Crippen LogP contribution in [0.3, 0.4) is 0 Å². The van der Waals surface area contributed by atoms with Crippen LogP contribution in [0.4, 0.5) is 45.5 Å². The highest BCUT2D eigenvalue weighted by Gasteiger charge is 2.57. The number of aryl methyl sites for hydroxylation is 2. The lowest BCUT2D eigenvalue weighted by molar-refractivity contribution is 0.195. The molecular formula is C66H73N3S. The highest BCUT2D eigenvalue weighted by molar-refractivity contribution is 7.17. The molecule has 358 valence electrons. The summed E-state index contributed by atoms with van der Waals surface area (Å²) >= 11 is 1.84. The lowest BCUT2D eigenvalue weighted by atomic mass is 9.61. The normalized spacial score (nSPS) is 18.2. The lowest BCUT2D eigenvalue weighted by Gasteiger charge is -2.50. The number of nitrogens with zero attached hydrogens (tertiary/aromatic N) is 3. The van der Waals surface area contributed by atoms with Crippen molar-refractivity contribution in [1.82, 2.24) is 0 Å². The van der Waals surface area contributed by atoms with Gasteiger partial charge in [0.15, 0.2) is 0 Å². The van der Waals surface area contributed by atoms with Gasteiger partial charge in [0.25, 0.3) is 0 Å². The van der Waals surface area contributed by atoms with Gasteiger partial charge in [-0.2, -0.15) is 0 Å². The molecule has 0 saturated heterocycles.